The molecule has 0 aromatic heterocycles. The smallest absolute Gasteiger partial charge is 0.306 e. The summed E-state index contributed by atoms with van der Waals surface area (Å²) in [5.74, 6) is -1.23. The lowest BCUT2D eigenvalue weighted by molar-refractivity contribution is -0.137. The van der Waals surface area contributed by atoms with Crippen molar-refractivity contribution in [2.75, 3.05) is 0 Å². The lowest BCUT2D eigenvalue weighted by Crippen LogP contribution is -2.33. The van der Waals surface area contributed by atoms with Gasteiger partial charge in [0.2, 0.25) is 0 Å². The summed E-state index contributed by atoms with van der Waals surface area (Å²) in [6.45, 7) is 3.65. The van der Waals surface area contributed by atoms with Gasteiger partial charge in [-0.3, -0.25) is 4.79 Å². The Morgan fingerprint density at radius 3 is 2.41 bits per heavy atom. The molecule has 0 fully saturated rings. The van der Waals surface area contributed by atoms with E-state index in [4.69, 9.17) is 10.8 Å². The van der Waals surface area contributed by atoms with Gasteiger partial charge in [-0.25, -0.2) is 8.42 Å². The number of hydrogen-bond donors (Lipinski definition) is 2. The lowest BCUT2D eigenvalue weighted by atomic mass is 10.1. The number of sulfone groups is 1. The van der Waals surface area contributed by atoms with Crippen molar-refractivity contribution in [1.82, 2.24) is 0 Å². The van der Waals surface area contributed by atoms with Gasteiger partial charge in [0.1, 0.15) is 5.37 Å². The summed E-state index contributed by atoms with van der Waals surface area (Å²) in [6, 6.07) is 4.63. The Morgan fingerprint density at radius 1 is 1.35 bits per heavy atom. The Morgan fingerprint density at radius 2 is 1.94 bits per heavy atom. The Labute approximate surface area is 100 Å². The third kappa shape index (κ3) is 3.04. The van der Waals surface area contributed by atoms with Gasteiger partial charge in [0.05, 0.1) is 11.3 Å². The molecule has 1 atom stereocenters. The van der Waals surface area contributed by atoms with Crippen molar-refractivity contribution in [3.05, 3.63) is 29.3 Å². The van der Waals surface area contributed by atoms with E-state index in [0.29, 0.717) is 0 Å². The maximum absolute atomic E-state index is 11.9. The van der Waals surface area contributed by atoms with Crippen LogP contribution in [0.15, 0.2) is 23.1 Å². The molecule has 1 unspecified atom stereocenters. The number of rotatable bonds is 4. The molecule has 0 bridgehead atoms. The van der Waals surface area contributed by atoms with Crippen LogP contribution in [0.3, 0.4) is 0 Å². The second kappa shape index (κ2) is 4.85. The maximum atomic E-state index is 11.9. The van der Waals surface area contributed by atoms with Crippen molar-refractivity contribution < 1.29 is 18.3 Å². The van der Waals surface area contributed by atoms with Crippen LogP contribution in [0.5, 0.6) is 0 Å². The minimum atomic E-state index is -3.78. The molecule has 0 heterocycles. The van der Waals surface area contributed by atoms with Crippen molar-refractivity contribution in [1.29, 1.82) is 0 Å². The molecular weight excluding hydrogens is 242 g/mol. The van der Waals surface area contributed by atoms with E-state index in [1.165, 1.54) is 12.1 Å². The number of carbonyl (C=O) groups is 1. The molecule has 0 aliphatic rings. The SMILES string of the molecule is Cc1ccc(S(=O)(=O)C(N)CC(=O)O)cc1C. The molecule has 6 heteroatoms. The summed E-state index contributed by atoms with van der Waals surface area (Å²) in [5.41, 5.74) is 7.20. The van der Waals surface area contributed by atoms with Crippen LogP contribution >= 0.6 is 0 Å². The van der Waals surface area contributed by atoms with Crippen LogP contribution in [0.1, 0.15) is 17.5 Å². The third-order valence-electron chi connectivity index (χ3n) is 2.58. The minimum absolute atomic E-state index is 0.0642. The van der Waals surface area contributed by atoms with Crippen LogP contribution in [0.2, 0.25) is 0 Å². The van der Waals surface area contributed by atoms with Crippen LogP contribution in [0.25, 0.3) is 0 Å². The fourth-order valence-corrected chi connectivity index (χ4v) is 2.66. The van der Waals surface area contributed by atoms with Crippen LogP contribution in [-0.2, 0) is 14.6 Å². The number of aryl methyl sites for hydroxylation is 2. The first-order valence-electron chi connectivity index (χ1n) is 5.03. The topological polar surface area (TPSA) is 97.5 Å². The van der Waals surface area contributed by atoms with E-state index in [9.17, 15) is 13.2 Å². The molecule has 3 N–H and O–H groups in total. The summed E-state index contributed by atoms with van der Waals surface area (Å²) < 4.78 is 23.9. The largest absolute Gasteiger partial charge is 0.481 e. The van der Waals surface area contributed by atoms with Gasteiger partial charge in [-0.1, -0.05) is 6.07 Å². The molecule has 1 aromatic rings. The molecule has 0 spiro atoms. The fraction of sp³-hybridized carbons (Fsp3) is 0.364. The van der Waals surface area contributed by atoms with Crippen LogP contribution in [0, 0.1) is 13.8 Å². The number of carboxylic acids is 1. The Bertz CT molecular complexity index is 536. The van der Waals surface area contributed by atoms with E-state index in [0.717, 1.165) is 11.1 Å². The molecule has 0 aliphatic heterocycles. The zero-order chi connectivity index (χ0) is 13.2. The van der Waals surface area contributed by atoms with E-state index in [1.54, 1.807) is 13.0 Å². The monoisotopic (exact) mass is 257 g/mol. The van der Waals surface area contributed by atoms with E-state index < -0.39 is 27.6 Å². The molecule has 17 heavy (non-hydrogen) atoms. The highest BCUT2D eigenvalue weighted by Gasteiger charge is 2.26. The van der Waals surface area contributed by atoms with Crippen LogP contribution in [-0.4, -0.2) is 24.9 Å². The molecular formula is C11H15NO4S. The number of benzene rings is 1. The predicted octanol–water partition coefficient (Wildman–Crippen LogP) is 0.837. The first-order chi connectivity index (χ1) is 7.75. The Balaban J connectivity index is 3.13. The summed E-state index contributed by atoms with van der Waals surface area (Å²) in [6.07, 6.45) is -0.602. The van der Waals surface area contributed by atoms with Gasteiger partial charge in [-0.05, 0) is 37.1 Å². The summed E-state index contributed by atoms with van der Waals surface area (Å²) in [5, 5.41) is 7.13. The Hall–Kier alpha value is -1.40. The molecule has 94 valence electrons. The molecule has 0 aliphatic carbocycles. The van der Waals surface area contributed by atoms with E-state index in [2.05, 4.69) is 0 Å². The summed E-state index contributed by atoms with van der Waals surface area (Å²) in [4.78, 5) is 10.5. The average Bonchev–Trinajstić information content (AvgIpc) is 2.20. The van der Waals surface area contributed by atoms with Crippen molar-refractivity contribution in [3.8, 4) is 0 Å². The number of hydrogen-bond acceptors (Lipinski definition) is 4. The summed E-state index contributed by atoms with van der Waals surface area (Å²) in [7, 11) is -3.78. The molecule has 0 amide bonds. The van der Waals surface area contributed by atoms with E-state index in [-0.39, 0.29) is 4.90 Å². The van der Waals surface area contributed by atoms with Crippen molar-refractivity contribution in [2.24, 2.45) is 5.73 Å². The molecule has 1 rings (SSSR count). The highest BCUT2D eigenvalue weighted by molar-refractivity contribution is 7.92. The number of carboxylic acid groups (broad SMARTS) is 1. The number of nitrogens with two attached hydrogens (primary N) is 1. The predicted molar refractivity (Wildman–Crippen MR) is 63.3 cm³/mol. The lowest BCUT2D eigenvalue weighted by Gasteiger charge is -2.12. The fourth-order valence-electron chi connectivity index (χ4n) is 1.35. The summed E-state index contributed by atoms with van der Waals surface area (Å²) >= 11 is 0. The second-order valence-electron chi connectivity index (χ2n) is 3.93. The van der Waals surface area contributed by atoms with Gasteiger partial charge >= 0.3 is 5.97 Å². The van der Waals surface area contributed by atoms with Crippen molar-refractivity contribution >= 4 is 15.8 Å². The number of aliphatic carboxylic acids is 1. The molecule has 1 aromatic carbocycles. The van der Waals surface area contributed by atoms with Gasteiger partial charge in [0.25, 0.3) is 0 Å². The highest BCUT2D eigenvalue weighted by atomic mass is 32.2. The Kier molecular flexibility index (Phi) is 3.90. The first kappa shape index (κ1) is 13.7. The zero-order valence-corrected chi connectivity index (χ0v) is 10.5. The van der Waals surface area contributed by atoms with Crippen LogP contribution < -0.4 is 5.73 Å². The maximum Gasteiger partial charge on any atom is 0.306 e. The van der Waals surface area contributed by atoms with Crippen molar-refractivity contribution in [2.45, 2.75) is 30.5 Å². The second-order valence-corrected chi connectivity index (χ2v) is 6.09. The molecule has 0 saturated heterocycles. The van der Waals surface area contributed by atoms with Gasteiger partial charge < -0.3 is 10.8 Å². The van der Waals surface area contributed by atoms with Gasteiger partial charge in [-0.15, -0.1) is 0 Å². The van der Waals surface area contributed by atoms with E-state index >= 15 is 0 Å². The normalized spacial score (nSPS) is 13.4. The minimum Gasteiger partial charge on any atom is -0.481 e. The van der Waals surface area contributed by atoms with Gasteiger partial charge in [0, 0.05) is 0 Å². The molecule has 5 nitrogen and oxygen atoms in total. The standard InChI is InChI=1S/C11H15NO4S/c1-7-3-4-9(5-8(7)2)17(15,16)10(12)6-11(13)14/h3-5,10H,6,12H2,1-2H3,(H,13,14). The average molecular weight is 257 g/mol. The van der Waals surface area contributed by atoms with Gasteiger partial charge in [0.15, 0.2) is 9.84 Å². The molecule has 0 saturated carbocycles. The highest BCUT2D eigenvalue weighted by Crippen LogP contribution is 2.18. The van der Waals surface area contributed by atoms with E-state index in [1.807, 2.05) is 6.92 Å². The quantitative estimate of drug-likeness (QED) is 0.832. The van der Waals surface area contributed by atoms with Crippen LogP contribution in [0.4, 0.5) is 0 Å². The van der Waals surface area contributed by atoms with Crippen molar-refractivity contribution in [3.63, 3.8) is 0 Å². The zero-order valence-electron chi connectivity index (χ0n) is 9.67. The van der Waals surface area contributed by atoms with Gasteiger partial charge in [-0.2, -0.15) is 0 Å². The molecule has 0 radical (unpaired) electrons. The third-order valence-corrected chi connectivity index (χ3v) is 4.46. The first-order valence-corrected chi connectivity index (χ1v) is 6.58.